The van der Waals surface area contributed by atoms with Gasteiger partial charge in [0.15, 0.2) is 0 Å². The van der Waals surface area contributed by atoms with Crippen molar-refractivity contribution in [1.82, 2.24) is 10.3 Å². The van der Waals surface area contributed by atoms with E-state index in [1.54, 1.807) is 42.6 Å². The monoisotopic (exact) mass is 492 g/mol. The molecule has 0 unspecified atom stereocenters. The maximum absolute atomic E-state index is 12.9. The number of aromatic nitrogens is 1. The molecule has 10 heteroatoms. The number of pyridine rings is 1. The second-order valence-corrected chi connectivity index (χ2v) is 7.31. The molecule has 0 radical (unpaired) electrons. The second-order valence-electron chi connectivity index (χ2n) is 6.39. The zero-order valence-corrected chi connectivity index (χ0v) is 17.6. The molecule has 1 heterocycles. The molecule has 0 atom stereocenters. The lowest BCUT2D eigenvalue weighted by atomic mass is 10.1. The molecule has 0 fully saturated rings. The minimum atomic E-state index is -4.53. The quantitative estimate of drug-likeness (QED) is 0.447. The van der Waals surface area contributed by atoms with Crippen LogP contribution in [0, 0.1) is 0 Å². The van der Waals surface area contributed by atoms with Crippen LogP contribution in [0.3, 0.4) is 0 Å². The van der Waals surface area contributed by atoms with Gasteiger partial charge in [-0.1, -0.05) is 34.1 Å². The van der Waals surface area contributed by atoms with Gasteiger partial charge in [-0.05, 0) is 42.0 Å². The number of hydrogen-bond donors (Lipinski definition) is 3. The van der Waals surface area contributed by atoms with Crippen LogP contribution in [0.2, 0.25) is 0 Å². The number of amides is 3. The molecule has 3 rings (SSSR count). The number of alkyl halides is 3. The average molecular weight is 493 g/mol. The Labute approximate surface area is 184 Å². The average Bonchev–Trinajstić information content (AvgIpc) is 2.72. The molecule has 0 saturated heterocycles. The standard InChI is InChI=1S/C21H16BrF3N4O2/c1-26-19(30)18-7-4-13(11-27-18)12-2-5-16(6-3-12)28-20(31)29-17-9-14(21(23,24)25)8-15(22)10-17/h2-11H,1H3,(H,26,30)(H2,28,29,31). The van der Waals surface area contributed by atoms with Gasteiger partial charge in [0.2, 0.25) is 0 Å². The molecule has 1 aromatic heterocycles. The predicted molar refractivity (Wildman–Crippen MR) is 115 cm³/mol. The van der Waals surface area contributed by atoms with Gasteiger partial charge in [-0.3, -0.25) is 9.78 Å². The van der Waals surface area contributed by atoms with E-state index in [2.05, 4.69) is 36.9 Å². The molecule has 0 bridgehead atoms. The molecule has 3 amide bonds. The molecular formula is C21H16BrF3N4O2. The van der Waals surface area contributed by atoms with Crippen molar-refractivity contribution in [3.05, 3.63) is 76.5 Å². The minimum Gasteiger partial charge on any atom is -0.354 e. The molecule has 31 heavy (non-hydrogen) atoms. The first-order valence-electron chi connectivity index (χ1n) is 8.90. The Morgan fingerprint density at radius 1 is 0.903 bits per heavy atom. The fourth-order valence-electron chi connectivity index (χ4n) is 2.69. The third-order valence-electron chi connectivity index (χ3n) is 4.18. The van der Waals surface area contributed by atoms with Crippen LogP contribution in [-0.2, 0) is 6.18 Å². The summed E-state index contributed by atoms with van der Waals surface area (Å²) in [5.74, 6) is -0.287. The molecule has 3 aromatic rings. The number of halogens is 4. The number of urea groups is 1. The lowest BCUT2D eigenvalue weighted by Gasteiger charge is -2.12. The van der Waals surface area contributed by atoms with Gasteiger partial charge in [-0.15, -0.1) is 0 Å². The number of hydrogen-bond acceptors (Lipinski definition) is 3. The van der Waals surface area contributed by atoms with Gasteiger partial charge < -0.3 is 16.0 Å². The van der Waals surface area contributed by atoms with Crippen LogP contribution < -0.4 is 16.0 Å². The third-order valence-corrected chi connectivity index (χ3v) is 4.64. The van der Waals surface area contributed by atoms with Crippen molar-refractivity contribution >= 4 is 39.2 Å². The highest BCUT2D eigenvalue weighted by atomic mass is 79.9. The van der Waals surface area contributed by atoms with Crippen LogP contribution in [0.15, 0.2) is 65.3 Å². The molecule has 0 saturated carbocycles. The maximum atomic E-state index is 12.9. The molecule has 3 N–H and O–H groups in total. The van der Waals surface area contributed by atoms with Gasteiger partial charge in [0, 0.05) is 34.7 Å². The normalized spacial score (nSPS) is 11.0. The predicted octanol–water partition coefficient (Wildman–Crippen LogP) is 5.53. The highest BCUT2D eigenvalue weighted by Gasteiger charge is 2.31. The Morgan fingerprint density at radius 2 is 1.55 bits per heavy atom. The number of benzene rings is 2. The van der Waals surface area contributed by atoms with E-state index < -0.39 is 17.8 Å². The van der Waals surface area contributed by atoms with Crippen molar-refractivity contribution in [3.8, 4) is 11.1 Å². The number of anilines is 2. The minimum absolute atomic E-state index is 0.00176. The van der Waals surface area contributed by atoms with Crippen molar-refractivity contribution in [3.63, 3.8) is 0 Å². The molecule has 0 aliphatic rings. The van der Waals surface area contributed by atoms with Crippen molar-refractivity contribution in [1.29, 1.82) is 0 Å². The lowest BCUT2D eigenvalue weighted by molar-refractivity contribution is -0.137. The zero-order chi connectivity index (χ0) is 22.6. The summed E-state index contributed by atoms with van der Waals surface area (Å²) in [5.41, 5.74) is 1.45. The fraction of sp³-hybridized carbons (Fsp3) is 0.0952. The Kier molecular flexibility index (Phi) is 6.59. The lowest BCUT2D eigenvalue weighted by Crippen LogP contribution is -2.19. The Hall–Kier alpha value is -3.40. The molecule has 6 nitrogen and oxygen atoms in total. The van der Waals surface area contributed by atoms with E-state index in [-0.39, 0.29) is 16.1 Å². The molecule has 0 aliphatic carbocycles. The van der Waals surface area contributed by atoms with Gasteiger partial charge in [0.25, 0.3) is 5.91 Å². The van der Waals surface area contributed by atoms with E-state index in [1.807, 2.05) is 0 Å². The van der Waals surface area contributed by atoms with Gasteiger partial charge in [0.05, 0.1) is 5.56 Å². The van der Waals surface area contributed by atoms with Crippen molar-refractivity contribution in [2.45, 2.75) is 6.18 Å². The Bertz CT molecular complexity index is 1100. The number of nitrogens with one attached hydrogen (secondary N) is 3. The van der Waals surface area contributed by atoms with Crippen LogP contribution in [0.1, 0.15) is 16.1 Å². The highest BCUT2D eigenvalue weighted by molar-refractivity contribution is 9.10. The van der Waals surface area contributed by atoms with E-state index >= 15 is 0 Å². The Morgan fingerprint density at radius 3 is 2.13 bits per heavy atom. The van der Waals surface area contributed by atoms with Crippen molar-refractivity contribution < 1.29 is 22.8 Å². The van der Waals surface area contributed by atoms with Crippen molar-refractivity contribution in [2.24, 2.45) is 0 Å². The summed E-state index contributed by atoms with van der Waals surface area (Å²) in [6.07, 6.45) is -2.97. The van der Waals surface area contributed by atoms with E-state index in [1.165, 1.54) is 13.1 Å². The van der Waals surface area contributed by atoms with Gasteiger partial charge in [0.1, 0.15) is 5.69 Å². The van der Waals surface area contributed by atoms with Gasteiger partial charge >= 0.3 is 12.2 Å². The number of carbonyl (C=O) groups excluding carboxylic acids is 2. The summed E-state index contributed by atoms with van der Waals surface area (Å²) in [5, 5.41) is 7.44. The summed E-state index contributed by atoms with van der Waals surface area (Å²) in [6.45, 7) is 0. The first-order valence-corrected chi connectivity index (χ1v) is 9.69. The smallest absolute Gasteiger partial charge is 0.354 e. The zero-order valence-electron chi connectivity index (χ0n) is 16.0. The molecule has 0 spiro atoms. The van der Waals surface area contributed by atoms with E-state index in [0.717, 1.165) is 23.3 Å². The third kappa shape index (κ3) is 5.82. The first kappa shape index (κ1) is 22.3. The molecular weight excluding hydrogens is 477 g/mol. The fourth-order valence-corrected chi connectivity index (χ4v) is 3.19. The van der Waals surface area contributed by atoms with Crippen LogP contribution in [0.25, 0.3) is 11.1 Å². The topological polar surface area (TPSA) is 83.1 Å². The Balaban J connectivity index is 1.67. The number of rotatable bonds is 4. The summed E-state index contributed by atoms with van der Waals surface area (Å²) in [6, 6.07) is 12.6. The van der Waals surface area contributed by atoms with E-state index in [4.69, 9.17) is 0 Å². The van der Waals surface area contributed by atoms with Gasteiger partial charge in [-0.25, -0.2) is 4.79 Å². The largest absolute Gasteiger partial charge is 0.416 e. The summed E-state index contributed by atoms with van der Waals surface area (Å²) in [7, 11) is 1.52. The first-order chi connectivity index (χ1) is 14.7. The van der Waals surface area contributed by atoms with Crippen LogP contribution in [-0.4, -0.2) is 24.0 Å². The summed E-state index contributed by atoms with van der Waals surface area (Å²) in [4.78, 5) is 27.8. The number of nitrogens with zero attached hydrogens (tertiary/aromatic N) is 1. The second kappa shape index (κ2) is 9.17. The van der Waals surface area contributed by atoms with Crippen LogP contribution in [0.5, 0.6) is 0 Å². The van der Waals surface area contributed by atoms with Crippen molar-refractivity contribution in [2.75, 3.05) is 17.7 Å². The summed E-state index contributed by atoms with van der Waals surface area (Å²) >= 11 is 3.01. The SMILES string of the molecule is CNC(=O)c1ccc(-c2ccc(NC(=O)Nc3cc(Br)cc(C(F)(F)F)c3)cc2)cn1. The molecule has 2 aromatic carbocycles. The molecule has 0 aliphatic heterocycles. The summed E-state index contributed by atoms with van der Waals surface area (Å²) < 4.78 is 38.9. The highest BCUT2D eigenvalue weighted by Crippen LogP contribution is 2.33. The molecule has 160 valence electrons. The van der Waals surface area contributed by atoms with Gasteiger partial charge in [-0.2, -0.15) is 13.2 Å². The van der Waals surface area contributed by atoms with Crippen LogP contribution >= 0.6 is 15.9 Å². The van der Waals surface area contributed by atoms with Crippen LogP contribution in [0.4, 0.5) is 29.3 Å². The number of carbonyl (C=O) groups is 2. The maximum Gasteiger partial charge on any atom is 0.416 e. The van der Waals surface area contributed by atoms with E-state index in [9.17, 15) is 22.8 Å². The van der Waals surface area contributed by atoms with E-state index in [0.29, 0.717) is 11.4 Å².